The van der Waals surface area contributed by atoms with Crippen LogP contribution in [0.2, 0.25) is 0 Å². The number of hydrogen-bond donors (Lipinski definition) is 0. The zero-order chi connectivity index (χ0) is 19.3. The van der Waals surface area contributed by atoms with Crippen molar-refractivity contribution in [2.75, 3.05) is 6.61 Å². The number of fused-ring (bicyclic) bond motifs is 3. The number of nitrogens with zero attached hydrogens (tertiary/aromatic N) is 4. The van der Waals surface area contributed by atoms with Crippen LogP contribution < -0.4 is 0 Å². The van der Waals surface area contributed by atoms with Gasteiger partial charge in [0.15, 0.2) is 0 Å². The molecule has 0 amide bonds. The Morgan fingerprint density at radius 2 is 2.11 bits per heavy atom. The van der Waals surface area contributed by atoms with E-state index in [1.807, 2.05) is 18.3 Å². The van der Waals surface area contributed by atoms with E-state index < -0.39 is 6.17 Å². The minimum absolute atomic E-state index is 0.134. The molecule has 6 heteroatoms. The minimum Gasteiger partial charge on any atom is -0.378 e. The first-order valence-corrected chi connectivity index (χ1v) is 10.1. The maximum absolute atomic E-state index is 14.0. The van der Waals surface area contributed by atoms with Gasteiger partial charge in [0.1, 0.15) is 17.5 Å². The van der Waals surface area contributed by atoms with E-state index in [0.717, 1.165) is 47.0 Å². The van der Waals surface area contributed by atoms with Crippen LogP contribution in [0, 0.1) is 11.3 Å². The quantitative estimate of drug-likeness (QED) is 0.642. The SMILES string of the molecule is C[C@@H]1C[C@H](n2c([C@H]3CC[C@@H](F)C3)nc3cnc4ccc(C#N)cc4c32)CCO1. The molecule has 5 rings (SSSR count). The fraction of sp³-hybridized carbons (Fsp3) is 0.500. The Kier molecular flexibility index (Phi) is 4.28. The zero-order valence-corrected chi connectivity index (χ0v) is 15.9. The van der Waals surface area contributed by atoms with Crippen molar-refractivity contribution in [3.8, 4) is 6.07 Å². The first-order valence-electron chi connectivity index (χ1n) is 10.1. The number of imidazole rings is 1. The molecule has 4 atom stereocenters. The highest BCUT2D eigenvalue weighted by Gasteiger charge is 2.33. The van der Waals surface area contributed by atoms with Crippen molar-refractivity contribution in [1.82, 2.24) is 14.5 Å². The molecule has 0 unspecified atom stereocenters. The summed E-state index contributed by atoms with van der Waals surface area (Å²) in [5.41, 5.74) is 3.33. The van der Waals surface area contributed by atoms with E-state index in [4.69, 9.17) is 9.72 Å². The van der Waals surface area contributed by atoms with Crippen molar-refractivity contribution in [1.29, 1.82) is 5.26 Å². The molecule has 28 heavy (non-hydrogen) atoms. The van der Waals surface area contributed by atoms with Crippen LogP contribution in [0.4, 0.5) is 4.39 Å². The molecule has 0 spiro atoms. The van der Waals surface area contributed by atoms with Gasteiger partial charge in [-0.2, -0.15) is 5.26 Å². The fourth-order valence-electron chi connectivity index (χ4n) is 4.89. The van der Waals surface area contributed by atoms with Crippen molar-refractivity contribution in [3.63, 3.8) is 0 Å². The third-order valence-corrected chi connectivity index (χ3v) is 6.23. The molecule has 2 aromatic heterocycles. The topological polar surface area (TPSA) is 63.7 Å². The van der Waals surface area contributed by atoms with E-state index in [2.05, 4.69) is 22.5 Å². The fourth-order valence-corrected chi connectivity index (χ4v) is 4.89. The van der Waals surface area contributed by atoms with Crippen molar-refractivity contribution >= 4 is 21.9 Å². The van der Waals surface area contributed by atoms with Gasteiger partial charge in [-0.15, -0.1) is 0 Å². The number of alkyl halides is 1. The third-order valence-electron chi connectivity index (χ3n) is 6.23. The number of pyridine rings is 1. The van der Waals surface area contributed by atoms with Gasteiger partial charge < -0.3 is 9.30 Å². The van der Waals surface area contributed by atoms with Crippen LogP contribution >= 0.6 is 0 Å². The first kappa shape index (κ1) is 17.6. The van der Waals surface area contributed by atoms with Crippen LogP contribution in [0.3, 0.4) is 0 Å². The number of ether oxygens (including phenoxy) is 1. The molecule has 1 saturated carbocycles. The van der Waals surface area contributed by atoms with Gasteiger partial charge in [0.25, 0.3) is 0 Å². The van der Waals surface area contributed by atoms with E-state index >= 15 is 0 Å². The zero-order valence-electron chi connectivity index (χ0n) is 15.9. The van der Waals surface area contributed by atoms with Gasteiger partial charge >= 0.3 is 0 Å². The predicted molar refractivity (Wildman–Crippen MR) is 105 cm³/mol. The molecule has 1 saturated heterocycles. The summed E-state index contributed by atoms with van der Waals surface area (Å²) in [6.07, 6.45) is 5.05. The number of rotatable bonds is 2. The summed E-state index contributed by atoms with van der Waals surface area (Å²) in [5, 5.41) is 10.3. The summed E-state index contributed by atoms with van der Waals surface area (Å²) in [6, 6.07) is 8.09. The molecule has 2 fully saturated rings. The summed E-state index contributed by atoms with van der Waals surface area (Å²) in [4.78, 5) is 9.50. The standard InChI is InChI=1S/C22H23FN4O/c1-13-8-17(6-7-28-13)27-21-18-9-14(11-24)2-5-19(18)25-12-20(21)26-22(27)15-3-4-16(23)10-15/h2,5,9,12-13,15-17H,3-4,6-8,10H2,1H3/t13-,15+,16-,17-/m1/s1. The Balaban J connectivity index is 1.77. The van der Waals surface area contributed by atoms with Gasteiger partial charge in [0, 0.05) is 24.0 Å². The van der Waals surface area contributed by atoms with Crippen molar-refractivity contribution in [3.05, 3.63) is 35.8 Å². The molecule has 3 aromatic rings. The molecule has 1 aliphatic heterocycles. The molecular weight excluding hydrogens is 355 g/mol. The van der Waals surface area contributed by atoms with Gasteiger partial charge in [-0.25, -0.2) is 9.37 Å². The van der Waals surface area contributed by atoms with Gasteiger partial charge in [-0.1, -0.05) is 0 Å². The molecule has 0 bridgehead atoms. The molecule has 3 heterocycles. The van der Waals surface area contributed by atoms with Crippen LogP contribution in [-0.2, 0) is 4.74 Å². The minimum atomic E-state index is -0.744. The summed E-state index contributed by atoms with van der Waals surface area (Å²) in [6.45, 7) is 2.82. The van der Waals surface area contributed by atoms with Crippen LogP contribution in [0.15, 0.2) is 24.4 Å². The average Bonchev–Trinajstić information content (AvgIpc) is 3.31. The second-order valence-electron chi connectivity index (χ2n) is 8.14. The maximum Gasteiger partial charge on any atom is 0.113 e. The number of aromatic nitrogens is 3. The largest absolute Gasteiger partial charge is 0.378 e. The molecule has 1 aromatic carbocycles. The second kappa shape index (κ2) is 6.82. The molecule has 144 valence electrons. The molecule has 2 aliphatic rings. The van der Waals surface area contributed by atoms with Crippen LogP contribution in [0.5, 0.6) is 0 Å². The van der Waals surface area contributed by atoms with Crippen molar-refractivity contribution < 1.29 is 9.13 Å². The predicted octanol–water partition coefficient (Wildman–Crippen LogP) is 4.80. The Hall–Kier alpha value is -2.52. The van der Waals surface area contributed by atoms with Crippen molar-refractivity contribution in [2.45, 2.75) is 63.3 Å². The van der Waals surface area contributed by atoms with Crippen LogP contribution in [-0.4, -0.2) is 33.4 Å². The second-order valence-corrected chi connectivity index (χ2v) is 8.14. The molecule has 1 aliphatic carbocycles. The first-order chi connectivity index (χ1) is 13.6. The van der Waals surface area contributed by atoms with Crippen LogP contribution in [0.25, 0.3) is 21.9 Å². The Morgan fingerprint density at radius 3 is 2.86 bits per heavy atom. The maximum atomic E-state index is 14.0. The average molecular weight is 378 g/mol. The number of halogens is 1. The highest BCUT2D eigenvalue weighted by Crippen LogP contribution is 2.41. The lowest BCUT2D eigenvalue weighted by Gasteiger charge is -2.31. The van der Waals surface area contributed by atoms with E-state index in [1.165, 1.54) is 0 Å². The number of benzene rings is 1. The molecule has 5 nitrogen and oxygen atoms in total. The number of nitriles is 1. The summed E-state index contributed by atoms with van der Waals surface area (Å²) >= 11 is 0. The van der Waals surface area contributed by atoms with E-state index in [1.54, 1.807) is 6.07 Å². The summed E-state index contributed by atoms with van der Waals surface area (Å²) in [7, 11) is 0. The van der Waals surface area contributed by atoms with E-state index in [9.17, 15) is 9.65 Å². The lowest BCUT2D eigenvalue weighted by Crippen LogP contribution is -2.27. The highest BCUT2D eigenvalue weighted by molar-refractivity contribution is 6.03. The highest BCUT2D eigenvalue weighted by atomic mass is 19.1. The molecule has 0 radical (unpaired) electrons. The lowest BCUT2D eigenvalue weighted by molar-refractivity contribution is 0.00605. The Morgan fingerprint density at radius 1 is 1.21 bits per heavy atom. The summed E-state index contributed by atoms with van der Waals surface area (Å²) in [5.74, 6) is 1.11. The summed E-state index contributed by atoms with van der Waals surface area (Å²) < 4.78 is 22.1. The van der Waals surface area contributed by atoms with Gasteiger partial charge in [0.05, 0.1) is 35.0 Å². The molecule has 0 N–H and O–H groups in total. The van der Waals surface area contributed by atoms with Gasteiger partial charge in [-0.3, -0.25) is 4.98 Å². The van der Waals surface area contributed by atoms with E-state index in [-0.39, 0.29) is 18.1 Å². The van der Waals surface area contributed by atoms with E-state index in [0.29, 0.717) is 25.0 Å². The van der Waals surface area contributed by atoms with Gasteiger partial charge in [-0.05, 0) is 57.2 Å². The smallest absolute Gasteiger partial charge is 0.113 e. The lowest BCUT2D eigenvalue weighted by atomic mass is 10.0. The Labute approximate surface area is 163 Å². The molecular formula is C22H23FN4O. The van der Waals surface area contributed by atoms with Crippen molar-refractivity contribution in [2.24, 2.45) is 0 Å². The third kappa shape index (κ3) is 2.85. The monoisotopic (exact) mass is 378 g/mol. The Bertz CT molecular complexity index is 1090. The number of hydrogen-bond acceptors (Lipinski definition) is 4. The van der Waals surface area contributed by atoms with Crippen LogP contribution in [0.1, 0.15) is 62.4 Å². The normalized spacial score (nSPS) is 28.0. The van der Waals surface area contributed by atoms with Gasteiger partial charge in [0.2, 0.25) is 0 Å².